The topological polar surface area (TPSA) is 58.1 Å². The number of halogens is 2. The van der Waals surface area contributed by atoms with Crippen LogP contribution in [0.1, 0.15) is 35.1 Å². The highest BCUT2D eigenvalue weighted by Gasteiger charge is 2.27. The fraction of sp³-hybridized carbons (Fsp3) is 0.471. The van der Waals surface area contributed by atoms with Gasteiger partial charge in [0.05, 0.1) is 16.7 Å². The molecule has 1 saturated heterocycles. The first kappa shape index (κ1) is 21.8. The van der Waals surface area contributed by atoms with Crippen molar-refractivity contribution in [2.24, 2.45) is 0 Å². The fourth-order valence-corrected chi connectivity index (χ4v) is 3.61. The van der Waals surface area contributed by atoms with Crippen molar-refractivity contribution < 1.29 is 4.79 Å². The Labute approximate surface area is 165 Å². The molecule has 5 nitrogen and oxygen atoms in total. The molecule has 0 radical (unpaired) electrons. The molecule has 0 bridgehead atoms. The molecule has 1 fully saturated rings. The highest BCUT2D eigenvalue weighted by Crippen LogP contribution is 2.22. The van der Waals surface area contributed by atoms with E-state index in [0.29, 0.717) is 6.42 Å². The lowest BCUT2D eigenvalue weighted by molar-refractivity contribution is -0.134. The van der Waals surface area contributed by atoms with Gasteiger partial charge in [-0.1, -0.05) is 6.07 Å². The number of nitrogens with zero attached hydrogens (tertiary/aromatic N) is 3. The molecule has 1 unspecified atom stereocenters. The maximum Gasteiger partial charge on any atom is 0.223 e. The van der Waals surface area contributed by atoms with Gasteiger partial charge in [-0.3, -0.25) is 9.78 Å². The van der Waals surface area contributed by atoms with Crippen LogP contribution < -0.4 is 5.32 Å². The summed E-state index contributed by atoms with van der Waals surface area (Å²) in [6.07, 6.45) is 5.93. The number of carbonyl (C=O) groups is 1. The molecular weight excluding hydrogens is 379 g/mol. The van der Waals surface area contributed by atoms with Crippen LogP contribution >= 0.6 is 36.2 Å². The van der Waals surface area contributed by atoms with Crippen molar-refractivity contribution in [3.05, 3.63) is 46.2 Å². The molecule has 0 aliphatic carbocycles. The summed E-state index contributed by atoms with van der Waals surface area (Å²) in [5.41, 5.74) is 2.20. The zero-order chi connectivity index (χ0) is 16.1. The molecule has 3 heterocycles. The average Bonchev–Trinajstić information content (AvgIpc) is 3.01. The van der Waals surface area contributed by atoms with Gasteiger partial charge in [-0.15, -0.1) is 36.2 Å². The number of aromatic nitrogens is 2. The standard InChI is InChI=1S/C17H22N4OS.2ClH/c1-13-20-15(12-23-13)5-2-6-17(22)21-9-8-19-11-16(21)14-4-3-7-18-10-14;;/h3-4,7,10,12,16,19H,2,5-6,8-9,11H2,1H3;2*1H. The molecule has 138 valence electrons. The number of nitrogens with one attached hydrogen (secondary N) is 1. The van der Waals surface area contributed by atoms with E-state index in [-0.39, 0.29) is 36.8 Å². The summed E-state index contributed by atoms with van der Waals surface area (Å²) in [6, 6.07) is 4.06. The van der Waals surface area contributed by atoms with Crippen molar-refractivity contribution >= 4 is 42.1 Å². The third kappa shape index (κ3) is 5.92. The summed E-state index contributed by atoms with van der Waals surface area (Å²) in [7, 11) is 0. The van der Waals surface area contributed by atoms with Gasteiger partial charge in [0, 0.05) is 43.8 Å². The molecule has 0 spiro atoms. The molecule has 3 rings (SSSR count). The fourth-order valence-electron chi connectivity index (χ4n) is 2.96. The Hall–Kier alpha value is -1.21. The highest BCUT2D eigenvalue weighted by atomic mass is 35.5. The first-order chi connectivity index (χ1) is 11.2. The summed E-state index contributed by atoms with van der Waals surface area (Å²) >= 11 is 1.67. The van der Waals surface area contributed by atoms with E-state index in [1.165, 1.54) is 0 Å². The Balaban J connectivity index is 0.00000156. The highest BCUT2D eigenvalue weighted by molar-refractivity contribution is 7.09. The van der Waals surface area contributed by atoms with Gasteiger partial charge in [-0.2, -0.15) is 0 Å². The van der Waals surface area contributed by atoms with E-state index in [0.717, 1.165) is 48.7 Å². The third-order valence-electron chi connectivity index (χ3n) is 4.12. The molecule has 0 aromatic carbocycles. The number of pyridine rings is 1. The Morgan fingerprint density at radius 3 is 2.96 bits per heavy atom. The number of rotatable bonds is 5. The van der Waals surface area contributed by atoms with Crippen molar-refractivity contribution in [2.75, 3.05) is 19.6 Å². The SMILES string of the molecule is Cc1nc(CCCC(=O)N2CCNCC2c2cccnc2)cs1.Cl.Cl. The van der Waals surface area contributed by atoms with Crippen LogP contribution in [-0.2, 0) is 11.2 Å². The van der Waals surface area contributed by atoms with Crippen molar-refractivity contribution in [3.8, 4) is 0 Å². The smallest absolute Gasteiger partial charge is 0.223 e. The molecule has 1 aliphatic heterocycles. The lowest BCUT2D eigenvalue weighted by Gasteiger charge is -2.36. The van der Waals surface area contributed by atoms with E-state index in [4.69, 9.17) is 0 Å². The number of hydrogen-bond acceptors (Lipinski definition) is 5. The lowest BCUT2D eigenvalue weighted by Crippen LogP contribution is -2.48. The molecule has 1 aliphatic rings. The van der Waals surface area contributed by atoms with Gasteiger partial charge in [0.2, 0.25) is 5.91 Å². The van der Waals surface area contributed by atoms with Gasteiger partial charge in [0.1, 0.15) is 0 Å². The third-order valence-corrected chi connectivity index (χ3v) is 4.95. The number of amides is 1. The first-order valence-electron chi connectivity index (χ1n) is 8.05. The molecule has 25 heavy (non-hydrogen) atoms. The number of hydrogen-bond donors (Lipinski definition) is 1. The van der Waals surface area contributed by atoms with E-state index in [1.807, 2.05) is 30.2 Å². The molecule has 1 amide bonds. The number of thiazole rings is 1. The van der Waals surface area contributed by atoms with Crippen LogP contribution in [0.3, 0.4) is 0 Å². The summed E-state index contributed by atoms with van der Waals surface area (Å²) in [4.78, 5) is 23.3. The minimum absolute atomic E-state index is 0. The van der Waals surface area contributed by atoms with Gasteiger partial charge < -0.3 is 10.2 Å². The van der Waals surface area contributed by atoms with E-state index in [1.54, 1.807) is 17.5 Å². The van der Waals surface area contributed by atoms with Crippen molar-refractivity contribution in [2.45, 2.75) is 32.2 Å². The van der Waals surface area contributed by atoms with Crippen LogP contribution in [0.2, 0.25) is 0 Å². The Morgan fingerprint density at radius 2 is 2.28 bits per heavy atom. The van der Waals surface area contributed by atoms with Gasteiger partial charge >= 0.3 is 0 Å². The van der Waals surface area contributed by atoms with Gasteiger partial charge in [-0.25, -0.2) is 4.98 Å². The summed E-state index contributed by atoms with van der Waals surface area (Å²) in [5.74, 6) is 0.229. The molecule has 1 atom stereocenters. The second-order valence-electron chi connectivity index (χ2n) is 5.80. The zero-order valence-corrected chi connectivity index (χ0v) is 16.6. The van der Waals surface area contributed by atoms with Crippen LogP contribution in [0.25, 0.3) is 0 Å². The van der Waals surface area contributed by atoms with Crippen LogP contribution in [0, 0.1) is 6.92 Å². The number of aryl methyl sites for hydroxylation is 2. The quantitative estimate of drug-likeness (QED) is 0.833. The maximum absolute atomic E-state index is 12.6. The molecule has 2 aromatic heterocycles. The van der Waals surface area contributed by atoms with Gasteiger partial charge in [0.15, 0.2) is 0 Å². The predicted octanol–water partition coefficient (Wildman–Crippen LogP) is 3.19. The van der Waals surface area contributed by atoms with Crippen LogP contribution in [0.5, 0.6) is 0 Å². The first-order valence-corrected chi connectivity index (χ1v) is 8.93. The number of piperazine rings is 1. The van der Waals surface area contributed by atoms with Gasteiger partial charge in [-0.05, 0) is 31.4 Å². The van der Waals surface area contributed by atoms with Crippen LogP contribution in [0.4, 0.5) is 0 Å². The van der Waals surface area contributed by atoms with E-state index in [2.05, 4.69) is 20.7 Å². The minimum Gasteiger partial charge on any atom is -0.333 e. The molecular formula is C17H24Cl2N4OS. The average molecular weight is 403 g/mol. The van der Waals surface area contributed by atoms with Gasteiger partial charge in [0.25, 0.3) is 0 Å². The molecule has 0 saturated carbocycles. The molecule has 1 N–H and O–H groups in total. The summed E-state index contributed by atoms with van der Waals surface area (Å²) in [6.45, 7) is 4.42. The second-order valence-corrected chi connectivity index (χ2v) is 6.87. The predicted molar refractivity (Wildman–Crippen MR) is 106 cm³/mol. The largest absolute Gasteiger partial charge is 0.333 e. The van der Waals surface area contributed by atoms with Crippen molar-refractivity contribution in [3.63, 3.8) is 0 Å². The van der Waals surface area contributed by atoms with E-state index >= 15 is 0 Å². The molecule has 2 aromatic rings. The minimum atomic E-state index is 0. The van der Waals surface area contributed by atoms with E-state index in [9.17, 15) is 4.79 Å². The lowest BCUT2D eigenvalue weighted by atomic mass is 10.0. The maximum atomic E-state index is 12.6. The van der Waals surface area contributed by atoms with Crippen molar-refractivity contribution in [1.82, 2.24) is 20.2 Å². The van der Waals surface area contributed by atoms with E-state index < -0.39 is 0 Å². The normalized spacial score (nSPS) is 16.7. The van der Waals surface area contributed by atoms with Crippen LogP contribution in [0.15, 0.2) is 29.9 Å². The Kier molecular flexibility index (Phi) is 9.35. The Morgan fingerprint density at radius 1 is 1.44 bits per heavy atom. The van der Waals surface area contributed by atoms with Crippen molar-refractivity contribution in [1.29, 1.82) is 0 Å². The monoisotopic (exact) mass is 402 g/mol. The molecule has 8 heteroatoms. The second kappa shape index (κ2) is 10.7. The van der Waals surface area contributed by atoms with Crippen LogP contribution in [-0.4, -0.2) is 40.4 Å². The summed E-state index contributed by atoms with van der Waals surface area (Å²) < 4.78 is 0. The number of carbonyl (C=O) groups excluding carboxylic acids is 1. The summed E-state index contributed by atoms with van der Waals surface area (Å²) in [5, 5.41) is 6.55. The zero-order valence-electron chi connectivity index (χ0n) is 14.2. The Bertz CT molecular complexity index is 653.